The molecule has 0 saturated carbocycles. The number of piperidine rings is 1. The number of hydrogen-bond acceptors (Lipinski definition) is 3. The van der Waals surface area contributed by atoms with Gasteiger partial charge in [-0.25, -0.2) is 0 Å². The highest BCUT2D eigenvalue weighted by Gasteiger charge is 2.45. The second-order valence-corrected chi connectivity index (χ2v) is 7.70. The number of aryl methyl sites for hydroxylation is 1. The summed E-state index contributed by atoms with van der Waals surface area (Å²) < 4.78 is 6.28. The molecule has 0 bridgehead atoms. The van der Waals surface area contributed by atoms with Crippen molar-refractivity contribution in [3.63, 3.8) is 0 Å². The van der Waals surface area contributed by atoms with Crippen LogP contribution >= 0.6 is 0 Å². The highest BCUT2D eigenvalue weighted by atomic mass is 16.5. The van der Waals surface area contributed by atoms with E-state index in [0.29, 0.717) is 6.04 Å². The fourth-order valence-electron chi connectivity index (χ4n) is 4.61. The van der Waals surface area contributed by atoms with E-state index in [1.54, 1.807) is 0 Å². The molecule has 0 radical (unpaired) electrons. The van der Waals surface area contributed by atoms with E-state index in [2.05, 4.69) is 4.90 Å². The van der Waals surface area contributed by atoms with Gasteiger partial charge in [-0.3, -0.25) is 9.69 Å². The standard InChI is InChI=1S/C20H28N2O2/c1-16-6-2-3-7-18(16)19(23)22-12-8-20(9-13-22)14-17(15-24-20)21-10-4-5-11-21/h2-3,6-7,17H,4-5,8-15H2,1H3. The molecule has 0 N–H and O–H groups in total. The van der Waals surface area contributed by atoms with E-state index in [1.807, 2.05) is 36.1 Å². The van der Waals surface area contributed by atoms with Gasteiger partial charge in [0.05, 0.1) is 12.2 Å². The van der Waals surface area contributed by atoms with Gasteiger partial charge in [-0.1, -0.05) is 18.2 Å². The van der Waals surface area contributed by atoms with Crippen LogP contribution < -0.4 is 0 Å². The second-order valence-electron chi connectivity index (χ2n) is 7.70. The molecule has 3 saturated heterocycles. The van der Waals surface area contributed by atoms with Gasteiger partial charge in [0.25, 0.3) is 5.91 Å². The maximum Gasteiger partial charge on any atom is 0.254 e. The average molecular weight is 328 g/mol. The van der Waals surface area contributed by atoms with Crippen molar-refractivity contribution in [2.24, 2.45) is 0 Å². The summed E-state index contributed by atoms with van der Waals surface area (Å²) in [6.07, 6.45) is 5.79. The molecule has 3 aliphatic rings. The summed E-state index contributed by atoms with van der Waals surface area (Å²) in [7, 11) is 0. The summed E-state index contributed by atoms with van der Waals surface area (Å²) in [5.41, 5.74) is 1.93. The summed E-state index contributed by atoms with van der Waals surface area (Å²) >= 11 is 0. The van der Waals surface area contributed by atoms with E-state index in [4.69, 9.17) is 4.74 Å². The topological polar surface area (TPSA) is 32.8 Å². The number of hydrogen-bond donors (Lipinski definition) is 0. The zero-order chi connectivity index (χ0) is 16.6. The third-order valence-corrected chi connectivity index (χ3v) is 6.18. The van der Waals surface area contributed by atoms with Crippen molar-refractivity contribution in [3.05, 3.63) is 35.4 Å². The molecule has 3 aliphatic heterocycles. The first kappa shape index (κ1) is 16.1. The fraction of sp³-hybridized carbons (Fsp3) is 0.650. The van der Waals surface area contributed by atoms with Crippen molar-refractivity contribution in [1.29, 1.82) is 0 Å². The first-order valence-corrected chi connectivity index (χ1v) is 9.40. The quantitative estimate of drug-likeness (QED) is 0.837. The van der Waals surface area contributed by atoms with Crippen LogP contribution in [0.25, 0.3) is 0 Å². The van der Waals surface area contributed by atoms with E-state index in [0.717, 1.165) is 50.1 Å². The monoisotopic (exact) mass is 328 g/mol. The number of carbonyl (C=O) groups is 1. The Labute approximate surface area is 144 Å². The third kappa shape index (κ3) is 2.98. The van der Waals surface area contributed by atoms with E-state index in [9.17, 15) is 4.79 Å². The highest BCUT2D eigenvalue weighted by molar-refractivity contribution is 5.95. The molecule has 4 rings (SSSR count). The summed E-state index contributed by atoms with van der Waals surface area (Å²) in [6.45, 7) is 7.01. The minimum atomic E-state index is 0.0236. The lowest BCUT2D eigenvalue weighted by molar-refractivity contribution is -0.0393. The van der Waals surface area contributed by atoms with Crippen LogP contribution in [-0.4, -0.2) is 60.1 Å². The van der Waals surface area contributed by atoms with Gasteiger partial charge in [0, 0.05) is 24.7 Å². The molecular formula is C20H28N2O2. The Morgan fingerprint density at radius 2 is 1.83 bits per heavy atom. The van der Waals surface area contributed by atoms with Crippen molar-refractivity contribution in [1.82, 2.24) is 9.80 Å². The van der Waals surface area contributed by atoms with E-state index in [-0.39, 0.29) is 11.5 Å². The first-order valence-electron chi connectivity index (χ1n) is 9.40. The van der Waals surface area contributed by atoms with Crippen molar-refractivity contribution < 1.29 is 9.53 Å². The molecule has 4 heteroatoms. The number of nitrogens with zero attached hydrogens (tertiary/aromatic N) is 2. The molecule has 130 valence electrons. The van der Waals surface area contributed by atoms with Crippen LogP contribution in [0.3, 0.4) is 0 Å². The summed E-state index contributed by atoms with van der Waals surface area (Å²) in [6, 6.07) is 8.50. The molecule has 1 amide bonds. The van der Waals surface area contributed by atoms with Crippen LogP contribution in [0.1, 0.15) is 48.0 Å². The number of likely N-dealkylation sites (tertiary alicyclic amines) is 2. The number of carbonyl (C=O) groups excluding carboxylic acids is 1. The molecule has 24 heavy (non-hydrogen) atoms. The maximum absolute atomic E-state index is 12.8. The Hall–Kier alpha value is -1.39. The molecule has 0 aliphatic carbocycles. The molecule has 1 aromatic carbocycles. The molecule has 3 heterocycles. The lowest BCUT2D eigenvalue weighted by Gasteiger charge is -2.39. The van der Waals surface area contributed by atoms with Crippen molar-refractivity contribution >= 4 is 5.91 Å². The van der Waals surface area contributed by atoms with Crippen LogP contribution in [0.4, 0.5) is 0 Å². The average Bonchev–Trinajstić information content (AvgIpc) is 3.26. The largest absolute Gasteiger partial charge is 0.373 e. The zero-order valence-corrected chi connectivity index (χ0v) is 14.7. The lowest BCUT2D eigenvalue weighted by Crippen LogP contribution is -2.47. The summed E-state index contributed by atoms with van der Waals surface area (Å²) in [4.78, 5) is 17.4. The Morgan fingerprint density at radius 1 is 1.12 bits per heavy atom. The van der Waals surface area contributed by atoms with Gasteiger partial charge in [-0.2, -0.15) is 0 Å². The minimum absolute atomic E-state index is 0.0236. The van der Waals surface area contributed by atoms with E-state index < -0.39 is 0 Å². The first-order chi connectivity index (χ1) is 11.7. The van der Waals surface area contributed by atoms with E-state index >= 15 is 0 Å². The lowest BCUT2D eigenvalue weighted by atomic mass is 9.87. The van der Waals surface area contributed by atoms with Crippen LogP contribution in [0.2, 0.25) is 0 Å². The normalized spacial score (nSPS) is 27.0. The van der Waals surface area contributed by atoms with Gasteiger partial charge >= 0.3 is 0 Å². The number of ether oxygens (including phenoxy) is 1. The molecule has 1 atom stereocenters. The van der Waals surface area contributed by atoms with Crippen molar-refractivity contribution in [3.8, 4) is 0 Å². The zero-order valence-electron chi connectivity index (χ0n) is 14.7. The molecular weight excluding hydrogens is 300 g/mol. The van der Waals surface area contributed by atoms with E-state index in [1.165, 1.54) is 25.9 Å². The number of rotatable bonds is 2. The van der Waals surface area contributed by atoms with Gasteiger partial charge in [0.15, 0.2) is 0 Å². The molecule has 0 aromatic heterocycles. The predicted molar refractivity (Wildman–Crippen MR) is 94.2 cm³/mol. The molecule has 1 unspecified atom stereocenters. The third-order valence-electron chi connectivity index (χ3n) is 6.18. The van der Waals surface area contributed by atoms with Crippen LogP contribution in [0, 0.1) is 6.92 Å². The van der Waals surface area contributed by atoms with Gasteiger partial charge < -0.3 is 9.64 Å². The Kier molecular flexibility index (Phi) is 4.35. The summed E-state index contributed by atoms with van der Waals surface area (Å²) in [5, 5.41) is 0. The van der Waals surface area contributed by atoms with Gasteiger partial charge in [0.1, 0.15) is 0 Å². The Bertz CT molecular complexity index is 601. The van der Waals surface area contributed by atoms with Crippen LogP contribution in [-0.2, 0) is 4.74 Å². The van der Waals surface area contributed by atoms with Crippen LogP contribution in [0.15, 0.2) is 24.3 Å². The maximum atomic E-state index is 12.8. The van der Waals surface area contributed by atoms with Crippen molar-refractivity contribution in [2.75, 3.05) is 32.8 Å². The van der Waals surface area contributed by atoms with Gasteiger partial charge in [-0.05, 0) is 63.7 Å². The van der Waals surface area contributed by atoms with Gasteiger partial charge in [0.2, 0.25) is 0 Å². The molecule has 1 spiro atoms. The molecule has 3 fully saturated rings. The van der Waals surface area contributed by atoms with Gasteiger partial charge in [-0.15, -0.1) is 0 Å². The smallest absolute Gasteiger partial charge is 0.254 e. The second kappa shape index (κ2) is 6.49. The number of amides is 1. The SMILES string of the molecule is Cc1ccccc1C(=O)N1CCC2(CC1)CC(N1CCCC1)CO2. The fourth-order valence-corrected chi connectivity index (χ4v) is 4.61. The van der Waals surface area contributed by atoms with Crippen LogP contribution in [0.5, 0.6) is 0 Å². The molecule has 4 nitrogen and oxygen atoms in total. The Balaban J connectivity index is 1.37. The Morgan fingerprint density at radius 3 is 2.54 bits per heavy atom. The predicted octanol–water partition coefficient (Wildman–Crippen LogP) is 2.85. The minimum Gasteiger partial charge on any atom is -0.373 e. The summed E-state index contributed by atoms with van der Waals surface area (Å²) in [5.74, 6) is 0.178. The number of benzene rings is 1. The highest BCUT2D eigenvalue weighted by Crippen LogP contribution is 2.38. The van der Waals surface area contributed by atoms with Crippen molar-refractivity contribution in [2.45, 2.75) is 50.7 Å². The molecule has 1 aromatic rings.